The molecule has 0 radical (unpaired) electrons. The Labute approximate surface area is 197 Å². The molecule has 176 valence electrons. The first-order valence-corrected chi connectivity index (χ1v) is 12.3. The predicted molar refractivity (Wildman–Crippen MR) is 122 cm³/mol. The van der Waals surface area contributed by atoms with Crippen LogP contribution in [-0.4, -0.2) is 68.3 Å². The molecule has 1 atom stereocenters. The van der Waals surface area contributed by atoms with E-state index < -0.39 is 16.1 Å². The zero-order valence-electron chi connectivity index (χ0n) is 18.2. The molecular weight excluding hydrogens is 470 g/mol. The van der Waals surface area contributed by atoms with Gasteiger partial charge in [0.25, 0.3) is 11.8 Å². The lowest BCUT2D eigenvalue weighted by Gasteiger charge is -2.35. The molecular formula is C22H24ClN3O6S. The van der Waals surface area contributed by atoms with Crippen molar-refractivity contribution in [1.82, 2.24) is 9.21 Å². The molecule has 1 fully saturated rings. The molecule has 11 heteroatoms. The molecule has 2 aromatic rings. The Bertz CT molecular complexity index is 1190. The van der Waals surface area contributed by atoms with Crippen LogP contribution in [0.15, 0.2) is 41.3 Å². The van der Waals surface area contributed by atoms with Crippen LogP contribution in [0.2, 0.25) is 5.02 Å². The fourth-order valence-corrected chi connectivity index (χ4v) is 5.66. The number of ether oxygens (including phenoxy) is 2. The number of amides is 2. The van der Waals surface area contributed by atoms with E-state index in [0.717, 1.165) is 0 Å². The van der Waals surface area contributed by atoms with Crippen LogP contribution in [0.1, 0.15) is 12.5 Å². The highest BCUT2D eigenvalue weighted by molar-refractivity contribution is 7.89. The quantitative estimate of drug-likeness (QED) is 0.685. The van der Waals surface area contributed by atoms with Crippen molar-refractivity contribution in [2.75, 3.05) is 38.1 Å². The molecule has 1 N–H and O–H groups in total. The normalized spacial score (nSPS) is 17.5. The van der Waals surface area contributed by atoms with Crippen LogP contribution in [-0.2, 0) is 19.6 Å². The summed E-state index contributed by atoms with van der Waals surface area (Å²) in [5.74, 6) is 0.304. The van der Waals surface area contributed by atoms with E-state index in [1.807, 2.05) is 0 Å². The van der Waals surface area contributed by atoms with Crippen LogP contribution in [0.3, 0.4) is 0 Å². The largest absolute Gasteiger partial charge is 0.482 e. The summed E-state index contributed by atoms with van der Waals surface area (Å²) >= 11 is 5.96. The number of aryl methyl sites for hydroxylation is 1. The summed E-state index contributed by atoms with van der Waals surface area (Å²) < 4.78 is 39.0. The van der Waals surface area contributed by atoms with E-state index in [0.29, 0.717) is 27.8 Å². The van der Waals surface area contributed by atoms with Gasteiger partial charge in [-0.15, -0.1) is 0 Å². The summed E-state index contributed by atoms with van der Waals surface area (Å²) in [5, 5.41) is 3.18. The number of hydrogen-bond acceptors (Lipinski definition) is 6. The van der Waals surface area contributed by atoms with Gasteiger partial charge in [-0.05, 0) is 43.7 Å². The molecule has 2 amide bonds. The van der Waals surface area contributed by atoms with Crippen LogP contribution < -0.4 is 14.8 Å². The van der Waals surface area contributed by atoms with Gasteiger partial charge in [-0.1, -0.05) is 17.7 Å². The van der Waals surface area contributed by atoms with E-state index in [1.165, 1.54) is 10.4 Å². The summed E-state index contributed by atoms with van der Waals surface area (Å²) in [4.78, 5) is 26.0. The van der Waals surface area contributed by atoms with Gasteiger partial charge in [0.15, 0.2) is 12.7 Å². The first-order chi connectivity index (χ1) is 15.6. The van der Waals surface area contributed by atoms with E-state index in [4.69, 9.17) is 21.1 Å². The van der Waals surface area contributed by atoms with Crippen molar-refractivity contribution in [3.8, 4) is 11.5 Å². The van der Waals surface area contributed by atoms with Crippen LogP contribution in [0, 0.1) is 6.92 Å². The lowest BCUT2D eigenvalue weighted by molar-refractivity contribution is -0.139. The minimum absolute atomic E-state index is 0.120. The van der Waals surface area contributed by atoms with Crippen molar-refractivity contribution < 1.29 is 27.5 Å². The summed E-state index contributed by atoms with van der Waals surface area (Å²) in [5.41, 5.74) is 0.952. The number of rotatable bonds is 5. The van der Waals surface area contributed by atoms with Crippen LogP contribution >= 0.6 is 11.6 Å². The molecule has 1 saturated heterocycles. The van der Waals surface area contributed by atoms with Crippen molar-refractivity contribution in [2.45, 2.75) is 24.8 Å². The van der Waals surface area contributed by atoms with Crippen LogP contribution in [0.5, 0.6) is 11.5 Å². The zero-order chi connectivity index (χ0) is 23.8. The Balaban J connectivity index is 1.42. The Hall–Kier alpha value is -2.82. The van der Waals surface area contributed by atoms with Crippen molar-refractivity contribution in [3.05, 3.63) is 47.0 Å². The van der Waals surface area contributed by atoms with E-state index in [2.05, 4.69) is 5.32 Å². The van der Waals surface area contributed by atoms with E-state index >= 15 is 0 Å². The van der Waals surface area contributed by atoms with Gasteiger partial charge >= 0.3 is 0 Å². The highest BCUT2D eigenvalue weighted by Crippen LogP contribution is 2.34. The van der Waals surface area contributed by atoms with Crippen molar-refractivity contribution in [1.29, 1.82) is 0 Å². The third kappa shape index (κ3) is 4.92. The third-order valence-corrected chi connectivity index (χ3v) is 7.81. The third-order valence-electron chi connectivity index (χ3n) is 5.53. The average Bonchev–Trinajstić information content (AvgIpc) is 2.78. The number of carbonyl (C=O) groups excluding carboxylic acids is 2. The molecule has 2 aliphatic heterocycles. The van der Waals surface area contributed by atoms with Gasteiger partial charge in [-0.25, -0.2) is 8.42 Å². The molecule has 2 aromatic carbocycles. The molecule has 33 heavy (non-hydrogen) atoms. The first-order valence-electron chi connectivity index (χ1n) is 10.4. The van der Waals surface area contributed by atoms with E-state index in [9.17, 15) is 18.0 Å². The second kappa shape index (κ2) is 9.20. The number of nitrogens with zero attached hydrogens (tertiary/aromatic N) is 2. The number of sulfonamides is 1. The molecule has 0 aliphatic carbocycles. The van der Waals surface area contributed by atoms with Crippen LogP contribution in [0.25, 0.3) is 0 Å². The molecule has 9 nitrogen and oxygen atoms in total. The van der Waals surface area contributed by atoms with Gasteiger partial charge in [0.05, 0.1) is 10.6 Å². The Morgan fingerprint density at radius 1 is 1.18 bits per heavy atom. The molecule has 0 aromatic heterocycles. The smallest absolute Gasteiger partial charge is 0.263 e. The highest BCUT2D eigenvalue weighted by atomic mass is 35.5. The molecule has 2 aliphatic rings. The second-order valence-corrected chi connectivity index (χ2v) is 10.2. The maximum atomic E-state index is 13.3. The number of fused-ring (bicyclic) bond motifs is 1. The molecule has 0 unspecified atom stereocenters. The number of benzene rings is 2. The minimum Gasteiger partial charge on any atom is -0.482 e. The number of hydrogen-bond donors (Lipinski definition) is 1. The summed E-state index contributed by atoms with van der Waals surface area (Å²) in [6.45, 7) is 3.98. The monoisotopic (exact) mass is 493 g/mol. The van der Waals surface area contributed by atoms with E-state index in [-0.39, 0.29) is 49.5 Å². The maximum absolute atomic E-state index is 13.3. The number of halogens is 1. The lowest BCUT2D eigenvalue weighted by Crippen LogP contribution is -2.53. The summed E-state index contributed by atoms with van der Waals surface area (Å²) in [7, 11) is -3.81. The van der Waals surface area contributed by atoms with Gasteiger partial charge in [-0.3, -0.25) is 9.59 Å². The topological polar surface area (TPSA) is 105 Å². The molecule has 2 heterocycles. The SMILES string of the molecule is Cc1cc2c(cc1S(=O)(=O)N1CCN(C(=O)[C@@H](C)Oc3cccc(Cl)c3)CC1)OCC(=O)N2. The van der Waals surface area contributed by atoms with Gasteiger partial charge in [-0.2, -0.15) is 4.31 Å². The van der Waals surface area contributed by atoms with Crippen LogP contribution in [0.4, 0.5) is 5.69 Å². The van der Waals surface area contributed by atoms with Gasteiger partial charge in [0, 0.05) is 37.3 Å². The fraction of sp³-hybridized carbons (Fsp3) is 0.364. The number of carbonyl (C=O) groups is 2. The summed E-state index contributed by atoms with van der Waals surface area (Å²) in [6, 6.07) is 9.83. The number of piperazine rings is 1. The lowest BCUT2D eigenvalue weighted by atomic mass is 10.2. The molecule has 0 saturated carbocycles. The Morgan fingerprint density at radius 2 is 1.91 bits per heavy atom. The maximum Gasteiger partial charge on any atom is 0.263 e. The standard InChI is InChI=1S/C22H24ClN3O6S/c1-14-10-18-19(31-13-21(27)24-18)12-20(14)33(29,30)26-8-6-25(7-9-26)22(28)15(2)32-17-5-3-4-16(23)11-17/h3-5,10-12,15H,6-9,13H2,1-2H3,(H,24,27)/t15-/m1/s1. The number of nitrogens with one attached hydrogen (secondary N) is 1. The van der Waals surface area contributed by atoms with Gasteiger partial charge < -0.3 is 19.7 Å². The molecule has 0 spiro atoms. The predicted octanol–water partition coefficient (Wildman–Crippen LogP) is 2.28. The minimum atomic E-state index is -3.81. The molecule has 4 rings (SSSR count). The number of anilines is 1. The Morgan fingerprint density at radius 3 is 2.61 bits per heavy atom. The average molecular weight is 494 g/mol. The van der Waals surface area contributed by atoms with Gasteiger partial charge in [0.1, 0.15) is 11.5 Å². The fourth-order valence-electron chi connectivity index (χ4n) is 3.83. The zero-order valence-corrected chi connectivity index (χ0v) is 19.8. The second-order valence-electron chi connectivity index (χ2n) is 7.90. The molecule has 0 bridgehead atoms. The van der Waals surface area contributed by atoms with Crippen molar-refractivity contribution in [3.63, 3.8) is 0 Å². The van der Waals surface area contributed by atoms with Gasteiger partial charge in [0.2, 0.25) is 10.0 Å². The van der Waals surface area contributed by atoms with Crippen molar-refractivity contribution in [2.24, 2.45) is 0 Å². The Kier molecular flexibility index (Phi) is 6.51. The highest BCUT2D eigenvalue weighted by Gasteiger charge is 2.34. The first kappa shape index (κ1) is 23.3. The summed E-state index contributed by atoms with van der Waals surface area (Å²) in [6.07, 6.45) is -0.734. The van der Waals surface area contributed by atoms with Crippen molar-refractivity contribution >= 4 is 39.1 Å². The van der Waals surface area contributed by atoms with E-state index in [1.54, 1.807) is 49.1 Å².